The summed E-state index contributed by atoms with van der Waals surface area (Å²) in [6.45, 7) is 3.40. The molecule has 1 aromatic heterocycles. The molecule has 8 nitrogen and oxygen atoms in total. The van der Waals surface area contributed by atoms with Crippen LogP contribution >= 0.6 is 0 Å². The van der Waals surface area contributed by atoms with Gasteiger partial charge in [-0.05, 0) is 36.2 Å². The van der Waals surface area contributed by atoms with Gasteiger partial charge in [0.1, 0.15) is 5.82 Å². The minimum Gasteiger partial charge on any atom is -0.379 e. The summed E-state index contributed by atoms with van der Waals surface area (Å²) in [7, 11) is -3.59. The van der Waals surface area contributed by atoms with Crippen molar-refractivity contribution in [2.45, 2.75) is 24.3 Å². The van der Waals surface area contributed by atoms with Crippen molar-refractivity contribution in [2.75, 3.05) is 26.3 Å². The number of aromatic nitrogens is 2. The Balaban J connectivity index is 1.45. The first-order valence-electron chi connectivity index (χ1n) is 10.6. The molecule has 1 aliphatic heterocycles. The van der Waals surface area contributed by atoms with Gasteiger partial charge in [-0.15, -0.1) is 0 Å². The molecular formula is C23H26N4O4S. The van der Waals surface area contributed by atoms with Gasteiger partial charge in [-0.25, -0.2) is 13.4 Å². The van der Waals surface area contributed by atoms with Crippen LogP contribution in [0.4, 0.5) is 0 Å². The molecule has 4 rings (SSSR count). The quantitative estimate of drug-likeness (QED) is 0.571. The fourth-order valence-electron chi connectivity index (χ4n) is 3.60. The van der Waals surface area contributed by atoms with E-state index in [0.29, 0.717) is 44.1 Å². The third-order valence-electron chi connectivity index (χ3n) is 5.45. The lowest BCUT2D eigenvalue weighted by molar-refractivity contribution is 0.0730. The van der Waals surface area contributed by atoms with Gasteiger partial charge >= 0.3 is 0 Å². The fourth-order valence-corrected chi connectivity index (χ4v) is 5.01. The molecule has 1 atom stereocenters. The van der Waals surface area contributed by atoms with Crippen molar-refractivity contribution in [3.8, 4) is 11.3 Å². The third-order valence-corrected chi connectivity index (χ3v) is 7.36. The molecule has 0 saturated carbocycles. The molecule has 32 heavy (non-hydrogen) atoms. The number of benzene rings is 2. The van der Waals surface area contributed by atoms with Gasteiger partial charge in [-0.1, -0.05) is 37.3 Å². The zero-order valence-electron chi connectivity index (χ0n) is 17.8. The van der Waals surface area contributed by atoms with E-state index >= 15 is 0 Å². The lowest BCUT2D eigenvalue weighted by Gasteiger charge is -2.26. The number of imidazole rings is 1. The van der Waals surface area contributed by atoms with E-state index in [1.54, 1.807) is 6.20 Å². The van der Waals surface area contributed by atoms with Crippen molar-refractivity contribution < 1.29 is 17.9 Å². The summed E-state index contributed by atoms with van der Waals surface area (Å²) in [5.41, 5.74) is 2.29. The number of morpholine rings is 1. The van der Waals surface area contributed by atoms with Crippen LogP contribution in [0.3, 0.4) is 0 Å². The largest absolute Gasteiger partial charge is 0.379 e. The second-order valence-electron chi connectivity index (χ2n) is 7.52. The number of hydrogen-bond acceptors (Lipinski definition) is 5. The summed E-state index contributed by atoms with van der Waals surface area (Å²) in [4.78, 5) is 20.7. The van der Waals surface area contributed by atoms with Crippen LogP contribution in [-0.4, -0.2) is 54.9 Å². The van der Waals surface area contributed by atoms with Crippen LogP contribution in [-0.2, 0) is 14.8 Å². The molecule has 2 heterocycles. The van der Waals surface area contributed by atoms with Crippen molar-refractivity contribution in [1.29, 1.82) is 0 Å². The SMILES string of the molecule is CCC(NC(=O)c1ccc(S(=O)(=O)N2CCOCC2)cc1)c1ncc(-c2ccccc2)[nH]1. The Bertz CT molecular complexity index is 1150. The maximum Gasteiger partial charge on any atom is 0.251 e. The molecule has 0 bridgehead atoms. The first-order chi connectivity index (χ1) is 15.5. The van der Waals surface area contributed by atoms with Crippen LogP contribution in [0.5, 0.6) is 0 Å². The minimum atomic E-state index is -3.59. The molecule has 1 amide bonds. The molecule has 0 spiro atoms. The van der Waals surface area contributed by atoms with Gasteiger partial charge in [0.2, 0.25) is 10.0 Å². The van der Waals surface area contributed by atoms with Gasteiger partial charge in [0.15, 0.2) is 0 Å². The Hall–Kier alpha value is -3.01. The van der Waals surface area contributed by atoms with Crippen LogP contribution in [0.1, 0.15) is 35.6 Å². The molecule has 1 aliphatic rings. The number of nitrogens with zero attached hydrogens (tertiary/aromatic N) is 2. The summed E-state index contributed by atoms with van der Waals surface area (Å²) in [5.74, 6) is 0.385. The Kier molecular flexibility index (Phi) is 6.69. The number of nitrogens with one attached hydrogen (secondary N) is 2. The zero-order chi connectivity index (χ0) is 22.6. The average Bonchev–Trinajstić information content (AvgIpc) is 3.34. The number of amides is 1. The minimum absolute atomic E-state index is 0.168. The van der Waals surface area contributed by atoms with Crippen LogP contribution in [0.25, 0.3) is 11.3 Å². The summed E-state index contributed by atoms with van der Waals surface area (Å²) < 4.78 is 32.1. The molecule has 2 N–H and O–H groups in total. The third kappa shape index (κ3) is 4.74. The number of rotatable bonds is 7. The maximum absolute atomic E-state index is 12.8. The number of carbonyl (C=O) groups excluding carboxylic acids is 1. The average molecular weight is 455 g/mol. The van der Waals surface area contributed by atoms with Crippen molar-refractivity contribution in [3.63, 3.8) is 0 Å². The van der Waals surface area contributed by atoms with Crippen molar-refractivity contribution >= 4 is 15.9 Å². The van der Waals surface area contributed by atoms with Crippen molar-refractivity contribution in [2.24, 2.45) is 0 Å². The highest BCUT2D eigenvalue weighted by Crippen LogP contribution is 2.22. The van der Waals surface area contributed by atoms with Gasteiger partial charge in [-0.3, -0.25) is 4.79 Å². The number of carbonyl (C=O) groups is 1. The molecular weight excluding hydrogens is 428 g/mol. The maximum atomic E-state index is 12.8. The molecule has 2 aromatic carbocycles. The van der Waals surface area contributed by atoms with Gasteiger partial charge < -0.3 is 15.0 Å². The van der Waals surface area contributed by atoms with E-state index in [1.807, 2.05) is 37.3 Å². The summed E-state index contributed by atoms with van der Waals surface area (Å²) in [6, 6.07) is 15.6. The Morgan fingerprint density at radius 2 is 1.81 bits per heavy atom. The number of sulfonamides is 1. The predicted molar refractivity (Wildman–Crippen MR) is 121 cm³/mol. The van der Waals surface area contributed by atoms with E-state index in [1.165, 1.54) is 28.6 Å². The number of ether oxygens (including phenoxy) is 1. The molecule has 0 aliphatic carbocycles. The standard InChI is InChI=1S/C23H26N4O4S/c1-2-20(22-24-16-21(25-22)17-6-4-3-5-7-17)26-23(28)18-8-10-19(11-9-18)32(29,30)27-12-14-31-15-13-27/h3-11,16,20H,2,12-15H2,1H3,(H,24,25)(H,26,28). The van der Waals surface area contributed by atoms with Gasteiger partial charge in [-0.2, -0.15) is 4.31 Å². The Morgan fingerprint density at radius 1 is 1.12 bits per heavy atom. The van der Waals surface area contributed by atoms with Crippen LogP contribution < -0.4 is 5.32 Å². The fraction of sp³-hybridized carbons (Fsp3) is 0.304. The van der Waals surface area contributed by atoms with Gasteiger partial charge in [0, 0.05) is 18.7 Å². The van der Waals surface area contributed by atoms with E-state index in [-0.39, 0.29) is 16.8 Å². The molecule has 1 fully saturated rings. The van der Waals surface area contributed by atoms with Gasteiger partial charge in [0.05, 0.1) is 36.0 Å². The predicted octanol–water partition coefficient (Wildman–Crippen LogP) is 2.98. The second kappa shape index (κ2) is 9.64. The first kappa shape index (κ1) is 22.2. The topological polar surface area (TPSA) is 104 Å². The highest BCUT2D eigenvalue weighted by molar-refractivity contribution is 7.89. The van der Waals surface area contributed by atoms with E-state index < -0.39 is 10.0 Å². The van der Waals surface area contributed by atoms with E-state index in [4.69, 9.17) is 4.74 Å². The summed E-state index contributed by atoms with van der Waals surface area (Å²) in [5, 5.41) is 2.98. The van der Waals surface area contributed by atoms with E-state index in [0.717, 1.165) is 11.3 Å². The molecule has 168 valence electrons. The van der Waals surface area contributed by atoms with Crippen LogP contribution in [0, 0.1) is 0 Å². The number of H-pyrrole nitrogens is 1. The number of aromatic amines is 1. The van der Waals surface area contributed by atoms with E-state index in [9.17, 15) is 13.2 Å². The first-order valence-corrected chi connectivity index (χ1v) is 12.0. The van der Waals surface area contributed by atoms with E-state index in [2.05, 4.69) is 15.3 Å². The molecule has 0 radical (unpaired) electrons. The smallest absolute Gasteiger partial charge is 0.251 e. The lowest BCUT2D eigenvalue weighted by Crippen LogP contribution is -2.40. The zero-order valence-corrected chi connectivity index (χ0v) is 18.6. The highest BCUT2D eigenvalue weighted by Gasteiger charge is 2.26. The summed E-state index contributed by atoms with van der Waals surface area (Å²) in [6.07, 6.45) is 2.40. The van der Waals surface area contributed by atoms with Crippen molar-refractivity contribution in [3.05, 3.63) is 72.2 Å². The number of hydrogen-bond donors (Lipinski definition) is 2. The van der Waals surface area contributed by atoms with Crippen LogP contribution in [0.2, 0.25) is 0 Å². The molecule has 1 unspecified atom stereocenters. The van der Waals surface area contributed by atoms with Crippen LogP contribution in [0.15, 0.2) is 65.7 Å². The van der Waals surface area contributed by atoms with Crippen molar-refractivity contribution in [1.82, 2.24) is 19.6 Å². The second-order valence-corrected chi connectivity index (χ2v) is 9.46. The Morgan fingerprint density at radius 3 is 2.47 bits per heavy atom. The molecule has 1 saturated heterocycles. The monoisotopic (exact) mass is 454 g/mol. The molecule has 3 aromatic rings. The summed E-state index contributed by atoms with van der Waals surface area (Å²) >= 11 is 0. The highest BCUT2D eigenvalue weighted by atomic mass is 32.2. The lowest BCUT2D eigenvalue weighted by atomic mass is 10.1. The molecule has 9 heteroatoms. The Labute approximate surface area is 187 Å². The van der Waals surface area contributed by atoms with Gasteiger partial charge in [0.25, 0.3) is 5.91 Å². The normalized spacial score (nSPS) is 15.9.